The first-order valence-electron chi connectivity index (χ1n) is 4.52. The Morgan fingerprint density at radius 2 is 2.36 bits per heavy atom. The van der Waals surface area contributed by atoms with Crippen molar-refractivity contribution in [2.24, 2.45) is 5.73 Å². The van der Waals surface area contributed by atoms with Crippen molar-refractivity contribution in [3.8, 4) is 0 Å². The van der Waals surface area contributed by atoms with Gasteiger partial charge >= 0.3 is 0 Å². The first-order valence-corrected chi connectivity index (χ1v) is 4.52. The maximum atomic E-state index is 10.8. The minimum atomic E-state index is -1.19. The fourth-order valence-electron chi connectivity index (χ4n) is 1.66. The molecule has 0 radical (unpaired) electrons. The van der Waals surface area contributed by atoms with Crippen LogP contribution in [0.3, 0.4) is 0 Å². The summed E-state index contributed by atoms with van der Waals surface area (Å²) in [6, 6.07) is 5.40. The lowest BCUT2D eigenvalue weighted by Crippen LogP contribution is -2.20. The van der Waals surface area contributed by atoms with Crippen molar-refractivity contribution in [2.45, 2.75) is 12.5 Å². The van der Waals surface area contributed by atoms with E-state index in [4.69, 9.17) is 5.73 Å². The highest BCUT2D eigenvalue weighted by atomic mass is 16.3. The van der Waals surface area contributed by atoms with Crippen molar-refractivity contribution in [3.63, 3.8) is 0 Å². The molecule has 0 saturated heterocycles. The molecule has 14 heavy (non-hydrogen) atoms. The highest BCUT2D eigenvalue weighted by molar-refractivity contribution is 5.80. The standard InChI is InChI=1S/C10H12N2O2/c11-10(14)9(13)7-1-2-8-6(5-7)3-4-12-8/h1-2,5,9,12-13H,3-4H2,(H2,11,14). The number of fused-ring (bicyclic) bond motifs is 1. The number of anilines is 1. The van der Waals surface area contributed by atoms with E-state index < -0.39 is 12.0 Å². The molecule has 2 rings (SSSR count). The average molecular weight is 192 g/mol. The zero-order valence-corrected chi connectivity index (χ0v) is 7.66. The summed E-state index contributed by atoms with van der Waals surface area (Å²) in [5.41, 5.74) is 7.78. The van der Waals surface area contributed by atoms with Gasteiger partial charge in [0.05, 0.1) is 0 Å². The molecule has 4 N–H and O–H groups in total. The summed E-state index contributed by atoms with van der Waals surface area (Å²) in [5.74, 6) is -0.712. The molecule has 0 bridgehead atoms. The van der Waals surface area contributed by atoms with E-state index in [0.717, 1.165) is 24.2 Å². The fraction of sp³-hybridized carbons (Fsp3) is 0.300. The van der Waals surface area contributed by atoms with Crippen LogP contribution in [0.15, 0.2) is 18.2 Å². The molecule has 1 amide bonds. The Balaban J connectivity index is 2.33. The summed E-state index contributed by atoms with van der Waals surface area (Å²) >= 11 is 0. The van der Waals surface area contributed by atoms with E-state index in [1.54, 1.807) is 6.07 Å². The summed E-state index contributed by atoms with van der Waals surface area (Å²) < 4.78 is 0. The topological polar surface area (TPSA) is 75.4 Å². The number of aliphatic hydroxyl groups excluding tert-OH is 1. The second-order valence-electron chi connectivity index (χ2n) is 3.40. The predicted molar refractivity (Wildman–Crippen MR) is 52.8 cm³/mol. The lowest BCUT2D eigenvalue weighted by molar-refractivity contribution is -0.126. The number of rotatable bonds is 2. The zero-order valence-electron chi connectivity index (χ0n) is 7.66. The molecule has 0 aliphatic carbocycles. The molecule has 0 fully saturated rings. The summed E-state index contributed by atoms with van der Waals surface area (Å²) in [6.07, 6.45) is -0.268. The molecule has 1 aliphatic rings. The predicted octanol–water partition coefficient (Wildman–Crippen LogP) is 0.173. The highest BCUT2D eigenvalue weighted by Crippen LogP contribution is 2.25. The lowest BCUT2D eigenvalue weighted by atomic mass is 10.0. The number of carbonyl (C=O) groups excluding carboxylic acids is 1. The quantitative estimate of drug-likeness (QED) is 0.625. The molecule has 0 spiro atoms. The molecule has 0 aromatic heterocycles. The second kappa shape index (κ2) is 3.31. The number of carbonyl (C=O) groups is 1. The SMILES string of the molecule is NC(=O)C(O)c1ccc2c(c1)CCN2. The molecule has 1 atom stereocenters. The van der Waals surface area contributed by atoms with E-state index in [-0.39, 0.29) is 0 Å². The third kappa shape index (κ3) is 1.44. The first kappa shape index (κ1) is 9.02. The van der Waals surface area contributed by atoms with Crippen molar-refractivity contribution in [1.29, 1.82) is 0 Å². The normalized spacial score (nSPS) is 15.8. The molecular weight excluding hydrogens is 180 g/mol. The van der Waals surface area contributed by atoms with Crippen molar-refractivity contribution >= 4 is 11.6 Å². The van der Waals surface area contributed by atoms with Crippen LogP contribution in [-0.4, -0.2) is 17.6 Å². The number of hydrogen-bond acceptors (Lipinski definition) is 3. The van der Waals surface area contributed by atoms with Crippen LogP contribution in [0.2, 0.25) is 0 Å². The number of amides is 1. The van der Waals surface area contributed by atoms with Gasteiger partial charge in [-0.05, 0) is 23.6 Å². The lowest BCUT2D eigenvalue weighted by Gasteiger charge is -2.08. The molecule has 74 valence electrons. The Hall–Kier alpha value is -1.55. The van der Waals surface area contributed by atoms with Crippen LogP contribution in [0.25, 0.3) is 0 Å². The van der Waals surface area contributed by atoms with Gasteiger partial charge in [-0.3, -0.25) is 4.79 Å². The van der Waals surface area contributed by atoms with Gasteiger partial charge in [0, 0.05) is 12.2 Å². The van der Waals surface area contributed by atoms with Gasteiger partial charge < -0.3 is 16.2 Å². The van der Waals surface area contributed by atoms with E-state index in [2.05, 4.69) is 5.32 Å². The van der Waals surface area contributed by atoms with Crippen LogP contribution >= 0.6 is 0 Å². The molecule has 1 aromatic rings. The first-order chi connectivity index (χ1) is 6.68. The van der Waals surface area contributed by atoms with Gasteiger partial charge in [0.1, 0.15) is 0 Å². The summed E-state index contributed by atoms with van der Waals surface area (Å²) in [6.45, 7) is 0.908. The number of hydrogen-bond donors (Lipinski definition) is 3. The fourth-order valence-corrected chi connectivity index (χ4v) is 1.66. The third-order valence-electron chi connectivity index (χ3n) is 2.42. The van der Waals surface area contributed by atoms with Gasteiger partial charge in [0.2, 0.25) is 0 Å². The van der Waals surface area contributed by atoms with Gasteiger partial charge in [-0.2, -0.15) is 0 Å². The van der Waals surface area contributed by atoms with Crippen LogP contribution in [0.5, 0.6) is 0 Å². The van der Waals surface area contributed by atoms with Gasteiger partial charge in [-0.1, -0.05) is 12.1 Å². The third-order valence-corrected chi connectivity index (χ3v) is 2.42. The van der Waals surface area contributed by atoms with E-state index in [9.17, 15) is 9.90 Å². The monoisotopic (exact) mass is 192 g/mol. The van der Waals surface area contributed by atoms with Crippen molar-refractivity contribution in [2.75, 3.05) is 11.9 Å². The number of aliphatic hydroxyl groups is 1. The van der Waals surface area contributed by atoms with Crippen LogP contribution in [-0.2, 0) is 11.2 Å². The van der Waals surface area contributed by atoms with Gasteiger partial charge in [0.15, 0.2) is 6.10 Å². The van der Waals surface area contributed by atoms with Crippen molar-refractivity contribution in [1.82, 2.24) is 0 Å². The maximum absolute atomic E-state index is 10.8. The molecule has 0 saturated carbocycles. The Morgan fingerprint density at radius 1 is 1.57 bits per heavy atom. The van der Waals surface area contributed by atoms with E-state index >= 15 is 0 Å². The maximum Gasteiger partial charge on any atom is 0.250 e. The van der Waals surface area contributed by atoms with Crippen molar-refractivity contribution < 1.29 is 9.90 Å². The summed E-state index contributed by atoms with van der Waals surface area (Å²) in [4.78, 5) is 10.8. The van der Waals surface area contributed by atoms with E-state index in [1.807, 2.05) is 12.1 Å². The molecule has 1 aromatic carbocycles. The van der Waals surface area contributed by atoms with Crippen LogP contribution in [0.1, 0.15) is 17.2 Å². The van der Waals surface area contributed by atoms with E-state index in [0.29, 0.717) is 5.56 Å². The molecule has 4 nitrogen and oxygen atoms in total. The molecular formula is C10H12N2O2. The van der Waals surface area contributed by atoms with Gasteiger partial charge in [-0.25, -0.2) is 0 Å². The smallest absolute Gasteiger partial charge is 0.250 e. The molecule has 1 unspecified atom stereocenters. The molecule has 1 heterocycles. The number of nitrogens with one attached hydrogen (secondary N) is 1. The minimum Gasteiger partial charge on any atom is -0.384 e. The van der Waals surface area contributed by atoms with E-state index in [1.165, 1.54) is 0 Å². The van der Waals surface area contributed by atoms with Crippen LogP contribution in [0.4, 0.5) is 5.69 Å². The second-order valence-corrected chi connectivity index (χ2v) is 3.40. The molecule has 4 heteroatoms. The largest absolute Gasteiger partial charge is 0.384 e. The van der Waals surface area contributed by atoms with Crippen molar-refractivity contribution in [3.05, 3.63) is 29.3 Å². The Bertz CT molecular complexity index is 376. The zero-order chi connectivity index (χ0) is 10.1. The Kier molecular flexibility index (Phi) is 2.13. The number of benzene rings is 1. The Labute approximate surface area is 81.7 Å². The molecule has 1 aliphatic heterocycles. The minimum absolute atomic E-state index is 0.569. The average Bonchev–Trinajstić information content (AvgIpc) is 2.62. The van der Waals surface area contributed by atoms with Gasteiger partial charge in [-0.15, -0.1) is 0 Å². The number of primary amides is 1. The number of nitrogens with two attached hydrogens (primary N) is 1. The van der Waals surface area contributed by atoms with Crippen LogP contribution in [0, 0.1) is 0 Å². The highest BCUT2D eigenvalue weighted by Gasteiger charge is 2.17. The Morgan fingerprint density at radius 3 is 3.07 bits per heavy atom. The summed E-state index contributed by atoms with van der Waals surface area (Å²) in [7, 11) is 0. The van der Waals surface area contributed by atoms with Crippen LogP contribution < -0.4 is 11.1 Å². The van der Waals surface area contributed by atoms with Gasteiger partial charge in [0.25, 0.3) is 5.91 Å². The summed E-state index contributed by atoms with van der Waals surface area (Å²) in [5, 5.41) is 12.6.